The van der Waals surface area contributed by atoms with Crippen molar-refractivity contribution in [3.05, 3.63) is 35.8 Å². The van der Waals surface area contributed by atoms with Crippen LogP contribution in [0.25, 0.3) is 5.65 Å². The maximum Gasteiger partial charge on any atom is 0.188 e. The smallest absolute Gasteiger partial charge is 0.188 e. The van der Waals surface area contributed by atoms with Crippen molar-refractivity contribution in [2.45, 2.75) is 39.2 Å². The highest BCUT2D eigenvalue weighted by molar-refractivity contribution is 5.77. The van der Waals surface area contributed by atoms with Crippen LogP contribution in [0.3, 0.4) is 0 Å². The molecule has 0 aromatic carbocycles. The molecule has 1 aliphatic rings. The van der Waals surface area contributed by atoms with Gasteiger partial charge in [-0.15, -0.1) is 0 Å². The number of aromatic nitrogens is 2. The summed E-state index contributed by atoms with van der Waals surface area (Å²) in [5.74, 6) is 0.540. The maximum atomic E-state index is 6.00. The summed E-state index contributed by atoms with van der Waals surface area (Å²) in [6, 6.07) is 4.67. The number of fused-ring (bicyclic) bond motifs is 1. The molecule has 2 aromatic rings. The Morgan fingerprint density at radius 2 is 2.38 bits per heavy atom. The minimum absolute atomic E-state index is 0.540. The van der Waals surface area contributed by atoms with E-state index in [1.54, 1.807) is 0 Å². The van der Waals surface area contributed by atoms with Gasteiger partial charge in [-0.25, -0.2) is 4.98 Å². The zero-order chi connectivity index (χ0) is 16.9. The van der Waals surface area contributed by atoms with E-state index in [4.69, 9.17) is 5.73 Å². The van der Waals surface area contributed by atoms with Crippen LogP contribution in [0.2, 0.25) is 0 Å². The summed E-state index contributed by atoms with van der Waals surface area (Å²) in [7, 11) is 0. The van der Waals surface area contributed by atoms with Gasteiger partial charge in [-0.2, -0.15) is 0 Å². The standard InChI is InChI=1S/C18H28N6/c1-3-23-10-5-7-16(23)12-21-18(19)20-9-8-15-13-24-11-4-6-14(2)17(24)22-15/h4,6,11,13,16H,3,5,7-10,12H2,1-2H3,(H3,19,20,21). The number of likely N-dealkylation sites (tertiary alicyclic amines) is 1. The Morgan fingerprint density at radius 1 is 1.50 bits per heavy atom. The van der Waals surface area contributed by atoms with Crippen LogP contribution < -0.4 is 11.1 Å². The fraction of sp³-hybridized carbons (Fsp3) is 0.556. The van der Waals surface area contributed by atoms with E-state index in [0.717, 1.165) is 37.4 Å². The van der Waals surface area contributed by atoms with Crippen LogP contribution >= 0.6 is 0 Å². The number of nitrogens with one attached hydrogen (secondary N) is 1. The van der Waals surface area contributed by atoms with Gasteiger partial charge in [-0.3, -0.25) is 9.89 Å². The second-order valence-electron chi connectivity index (χ2n) is 6.48. The number of rotatable bonds is 6. The van der Waals surface area contributed by atoms with Crippen LogP contribution in [0.5, 0.6) is 0 Å². The Kier molecular flexibility index (Phi) is 5.35. The largest absolute Gasteiger partial charge is 0.370 e. The first kappa shape index (κ1) is 16.8. The monoisotopic (exact) mass is 328 g/mol. The number of aliphatic imine (C=N–C) groups is 1. The molecule has 0 spiro atoms. The second-order valence-corrected chi connectivity index (χ2v) is 6.48. The predicted molar refractivity (Wildman–Crippen MR) is 98.4 cm³/mol. The van der Waals surface area contributed by atoms with Gasteiger partial charge in [0, 0.05) is 31.4 Å². The van der Waals surface area contributed by atoms with Gasteiger partial charge in [0.15, 0.2) is 5.96 Å². The van der Waals surface area contributed by atoms with E-state index in [1.807, 2.05) is 12.3 Å². The third-order valence-electron chi connectivity index (χ3n) is 4.79. The van der Waals surface area contributed by atoms with Crippen molar-refractivity contribution >= 4 is 11.6 Å². The second kappa shape index (κ2) is 7.66. The lowest BCUT2D eigenvalue weighted by Crippen LogP contribution is -2.36. The van der Waals surface area contributed by atoms with Gasteiger partial charge in [-0.1, -0.05) is 13.0 Å². The molecule has 0 aliphatic carbocycles. The van der Waals surface area contributed by atoms with Gasteiger partial charge in [0.2, 0.25) is 0 Å². The van der Waals surface area contributed by atoms with Gasteiger partial charge in [0.1, 0.15) is 5.65 Å². The highest BCUT2D eigenvalue weighted by Crippen LogP contribution is 2.16. The first-order chi connectivity index (χ1) is 11.7. The van der Waals surface area contributed by atoms with Gasteiger partial charge >= 0.3 is 0 Å². The highest BCUT2D eigenvalue weighted by atomic mass is 15.2. The van der Waals surface area contributed by atoms with Gasteiger partial charge in [0.05, 0.1) is 12.2 Å². The molecule has 1 saturated heterocycles. The van der Waals surface area contributed by atoms with E-state index in [2.05, 4.69) is 50.7 Å². The predicted octanol–water partition coefficient (Wildman–Crippen LogP) is 1.57. The van der Waals surface area contributed by atoms with E-state index in [1.165, 1.54) is 24.9 Å². The summed E-state index contributed by atoms with van der Waals surface area (Å²) >= 11 is 0. The molecule has 1 atom stereocenters. The molecule has 2 aromatic heterocycles. The van der Waals surface area contributed by atoms with E-state index < -0.39 is 0 Å². The molecule has 0 bridgehead atoms. The number of guanidine groups is 1. The quantitative estimate of drug-likeness (QED) is 0.624. The van der Waals surface area contributed by atoms with Crippen molar-refractivity contribution in [1.29, 1.82) is 0 Å². The summed E-state index contributed by atoms with van der Waals surface area (Å²) in [5, 5.41) is 3.21. The summed E-state index contributed by atoms with van der Waals surface area (Å²) < 4.78 is 2.07. The Labute approximate surface area is 143 Å². The van der Waals surface area contributed by atoms with Crippen LogP contribution in [0.15, 0.2) is 29.5 Å². The van der Waals surface area contributed by atoms with Crippen molar-refractivity contribution in [3.63, 3.8) is 0 Å². The molecule has 1 aliphatic heterocycles. The molecule has 3 N–H and O–H groups in total. The number of hydrogen-bond donors (Lipinski definition) is 2. The number of aryl methyl sites for hydroxylation is 1. The van der Waals surface area contributed by atoms with Crippen LogP contribution in [-0.4, -0.2) is 52.5 Å². The first-order valence-corrected chi connectivity index (χ1v) is 8.88. The molecule has 1 fully saturated rings. The fourth-order valence-electron chi connectivity index (χ4n) is 3.42. The lowest BCUT2D eigenvalue weighted by Gasteiger charge is -2.20. The minimum atomic E-state index is 0.540. The average molecular weight is 328 g/mol. The Hall–Kier alpha value is -2.08. The molecule has 1 unspecified atom stereocenters. The maximum absolute atomic E-state index is 6.00. The molecule has 6 heteroatoms. The van der Waals surface area contributed by atoms with E-state index in [-0.39, 0.29) is 0 Å². The fourth-order valence-corrected chi connectivity index (χ4v) is 3.42. The van der Waals surface area contributed by atoms with Crippen molar-refractivity contribution in [3.8, 4) is 0 Å². The molecular weight excluding hydrogens is 300 g/mol. The topological polar surface area (TPSA) is 71.0 Å². The minimum Gasteiger partial charge on any atom is -0.370 e. The van der Waals surface area contributed by atoms with E-state index >= 15 is 0 Å². The molecule has 6 nitrogen and oxygen atoms in total. The number of likely N-dealkylation sites (N-methyl/N-ethyl adjacent to an activating group) is 1. The zero-order valence-electron chi connectivity index (χ0n) is 14.7. The Bertz CT molecular complexity index is 705. The first-order valence-electron chi connectivity index (χ1n) is 8.88. The third-order valence-corrected chi connectivity index (χ3v) is 4.79. The Morgan fingerprint density at radius 3 is 3.17 bits per heavy atom. The number of nitrogens with two attached hydrogens (primary N) is 1. The summed E-state index contributed by atoms with van der Waals surface area (Å²) in [6.07, 6.45) is 7.44. The summed E-state index contributed by atoms with van der Waals surface area (Å²) in [5.41, 5.74) is 9.28. The zero-order valence-corrected chi connectivity index (χ0v) is 14.7. The lowest BCUT2D eigenvalue weighted by molar-refractivity contribution is 0.273. The summed E-state index contributed by atoms with van der Waals surface area (Å²) in [6.45, 7) is 8.12. The van der Waals surface area contributed by atoms with Gasteiger partial charge in [0.25, 0.3) is 0 Å². The third kappa shape index (κ3) is 3.87. The van der Waals surface area contributed by atoms with Crippen molar-refractivity contribution in [1.82, 2.24) is 19.6 Å². The molecule has 3 heterocycles. The van der Waals surface area contributed by atoms with Crippen LogP contribution in [0.4, 0.5) is 0 Å². The van der Waals surface area contributed by atoms with Gasteiger partial charge in [-0.05, 0) is 44.5 Å². The molecule has 130 valence electrons. The number of nitrogens with zero attached hydrogens (tertiary/aromatic N) is 4. The number of imidazole rings is 1. The van der Waals surface area contributed by atoms with Gasteiger partial charge < -0.3 is 15.5 Å². The SMILES string of the molecule is CCN1CCCC1CN=C(N)NCCc1cn2cccc(C)c2n1. The molecule has 3 rings (SSSR count). The normalized spacial score (nSPS) is 19.2. The van der Waals surface area contributed by atoms with Crippen molar-refractivity contribution < 1.29 is 0 Å². The van der Waals surface area contributed by atoms with Crippen LogP contribution in [0.1, 0.15) is 31.0 Å². The number of hydrogen-bond acceptors (Lipinski definition) is 3. The van der Waals surface area contributed by atoms with Crippen molar-refractivity contribution in [2.75, 3.05) is 26.2 Å². The molecular formula is C18H28N6. The molecule has 0 amide bonds. The van der Waals surface area contributed by atoms with E-state index in [0.29, 0.717) is 12.0 Å². The molecule has 0 radical (unpaired) electrons. The summed E-state index contributed by atoms with van der Waals surface area (Å²) in [4.78, 5) is 11.7. The molecule has 0 saturated carbocycles. The Balaban J connectivity index is 1.48. The van der Waals surface area contributed by atoms with Crippen LogP contribution in [-0.2, 0) is 6.42 Å². The lowest BCUT2D eigenvalue weighted by atomic mass is 10.2. The van der Waals surface area contributed by atoms with Crippen molar-refractivity contribution in [2.24, 2.45) is 10.7 Å². The molecule has 24 heavy (non-hydrogen) atoms. The highest BCUT2D eigenvalue weighted by Gasteiger charge is 2.22. The number of pyridine rings is 1. The van der Waals surface area contributed by atoms with E-state index in [9.17, 15) is 0 Å². The average Bonchev–Trinajstić information content (AvgIpc) is 3.19. The van der Waals surface area contributed by atoms with Crippen LogP contribution in [0, 0.1) is 6.92 Å².